The van der Waals surface area contributed by atoms with Crippen LogP contribution in [0.2, 0.25) is 0 Å². The zero-order valence-electron chi connectivity index (χ0n) is 19.0. The monoisotopic (exact) mass is 468 g/mol. The third-order valence-corrected chi connectivity index (χ3v) is 6.27. The van der Waals surface area contributed by atoms with E-state index in [2.05, 4.69) is 15.2 Å². The van der Waals surface area contributed by atoms with Crippen molar-refractivity contribution in [3.8, 4) is 5.69 Å². The first kappa shape index (κ1) is 22.1. The number of rotatable bonds is 3. The van der Waals surface area contributed by atoms with Crippen molar-refractivity contribution in [2.75, 3.05) is 11.9 Å². The molecule has 3 heterocycles. The van der Waals surface area contributed by atoms with Crippen LogP contribution in [-0.4, -0.2) is 37.3 Å². The molecule has 10 heteroatoms. The predicted molar refractivity (Wildman–Crippen MR) is 120 cm³/mol. The average molecular weight is 468 g/mol. The maximum Gasteiger partial charge on any atom is 0.435 e. The number of hydrogen-bond acceptors (Lipinski definition) is 4. The van der Waals surface area contributed by atoms with Gasteiger partial charge in [0.25, 0.3) is 5.91 Å². The highest BCUT2D eigenvalue weighted by atomic mass is 19.4. The number of alkyl halides is 3. The van der Waals surface area contributed by atoms with Gasteiger partial charge in [-0.05, 0) is 62.4 Å². The van der Waals surface area contributed by atoms with Crippen molar-refractivity contribution in [2.24, 2.45) is 0 Å². The molecule has 0 saturated carbocycles. The number of nitrogens with zero attached hydrogens (tertiary/aromatic N) is 6. The van der Waals surface area contributed by atoms with E-state index >= 15 is 0 Å². The van der Waals surface area contributed by atoms with Gasteiger partial charge < -0.3 is 4.90 Å². The average Bonchev–Trinajstić information content (AvgIpc) is 3.38. The maximum absolute atomic E-state index is 13.7. The van der Waals surface area contributed by atoms with Crippen molar-refractivity contribution in [3.63, 3.8) is 0 Å². The second-order valence-electron chi connectivity index (χ2n) is 8.68. The van der Waals surface area contributed by atoms with Crippen molar-refractivity contribution < 1.29 is 18.0 Å². The van der Waals surface area contributed by atoms with Gasteiger partial charge in [0.05, 0.1) is 23.3 Å². The van der Waals surface area contributed by atoms with E-state index in [4.69, 9.17) is 0 Å². The minimum Gasteiger partial charge on any atom is -0.310 e. The first-order valence-electron chi connectivity index (χ1n) is 11.0. The molecule has 176 valence electrons. The fourth-order valence-electron chi connectivity index (χ4n) is 4.63. The van der Waals surface area contributed by atoms with E-state index in [1.165, 1.54) is 9.58 Å². The molecule has 34 heavy (non-hydrogen) atoms. The topological polar surface area (TPSA) is 68.3 Å². The van der Waals surface area contributed by atoms with Crippen molar-refractivity contribution in [1.82, 2.24) is 24.4 Å². The SMILES string of the molecule is Cc1nc2ccc(N(C)C(=O)c3cccc(-n4nc(C(F)(F)F)c5c4C(C)CCC5)c3)cn2n1. The van der Waals surface area contributed by atoms with Crippen molar-refractivity contribution in [3.05, 3.63) is 70.9 Å². The molecular formula is C24H23F3N6O. The number of carbonyl (C=O) groups excluding carboxylic acids is 1. The van der Waals surface area contributed by atoms with Crippen LogP contribution in [0.15, 0.2) is 42.6 Å². The normalized spacial score (nSPS) is 16.0. The highest BCUT2D eigenvalue weighted by Crippen LogP contribution is 2.40. The van der Waals surface area contributed by atoms with Crippen molar-refractivity contribution in [1.29, 1.82) is 0 Å². The number of amides is 1. The minimum atomic E-state index is -4.53. The summed E-state index contributed by atoms with van der Waals surface area (Å²) in [4.78, 5) is 19.0. The molecule has 7 nitrogen and oxygen atoms in total. The molecule has 1 aromatic carbocycles. The summed E-state index contributed by atoms with van der Waals surface area (Å²) in [5, 5.41) is 8.25. The summed E-state index contributed by atoms with van der Waals surface area (Å²) in [7, 11) is 1.64. The lowest BCUT2D eigenvalue weighted by Gasteiger charge is -2.22. The summed E-state index contributed by atoms with van der Waals surface area (Å²) in [6.07, 6.45) is -0.986. The molecule has 0 spiro atoms. The van der Waals surface area contributed by atoms with Crippen molar-refractivity contribution in [2.45, 2.75) is 45.2 Å². The summed E-state index contributed by atoms with van der Waals surface area (Å²) in [5.74, 6) is 0.254. The number of benzene rings is 1. The lowest BCUT2D eigenvalue weighted by atomic mass is 9.87. The van der Waals surface area contributed by atoms with Crippen LogP contribution in [0, 0.1) is 6.92 Å². The van der Waals surface area contributed by atoms with Crippen LogP contribution in [0.5, 0.6) is 0 Å². The number of hydrogen-bond donors (Lipinski definition) is 0. The van der Waals surface area contributed by atoms with E-state index in [0.717, 1.165) is 6.42 Å². The molecule has 0 aliphatic heterocycles. The summed E-state index contributed by atoms with van der Waals surface area (Å²) in [6, 6.07) is 10.1. The quantitative estimate of drug-likeness (QED) is 0.426. The van der Waals surface area contributed by atoms with Crippen LogP contribution < -0.4 is 4.90 Å². The van der Waals surface area contributed by atoms with Crippen LogP contribution in [0.4, 0.5) is 18.9 Å². The largest absolute Gasteiger partial charge is 0.435 e. The zero-order chi connectivity index (χ0) is 24.2. The molecule has 3 aromatic heterocycles. The van der Waals surface area contributed by atoms with Crippen molar-refractivity contribution >= 4 is 17.2 Å². The molecule has 4 aromatic rings. The smallest absolute Gasteiger partial charge is 0.310 e. The molecule has 0 fully saturated rings. The second kappa shape index (κ2) is 7.96. The number of pyridine rings is 1. The number of fused-ring (bicyclic) bond motifs is 2. The summed E-state index contributed by atoms with van der Waals surface area (Å²) in [6.45, 7) is 3.70. The van der Waals surface area contributed by atoms with E-state index in [1.807, 2.05) is 6.92 Å². The molecule has 0 bridgehead atoms. The van der Waals surface area contributed by atoms with Gasteiger partial charge in [0.15, 0.2) is 11.3 Å². The van der Waals surface area contributed by atoms with Gasteiger partial charge >= 0.3 is 6.18 Å². The number of aromatic nitrogens is 5. The molecule has 1 atom stereocenters. The van der Waals surface area contributed by atoms with Gasteiger partial charge in [0.2, 0.25) is 0 Å². The van der Waals surface area contributed by atoms with Gasteiger partial charge in [-0.15, -0.1) is 0 Å². The Balaban J connectivity index is 1.52. The Morgan fingerprint density at radius 1 is 1.18 bits per heavy atom. The Bertz CT molecular complexity index is 1400. The van der Waals surface area contributed by atoms with Gasteiger partial charge in [-0.1, -0.05) is 13.0 Å². The third-order valence-electron chi connectivity index (χ3n) is 6.27. The standard InChI is InChI=1S/C24H23F3N6O/c1-14-6-4-9-19-21(14)33(30-22(19)24(25,26)27)17-8-5-7-16(12-17)23(34)31(3)18-10-11-20-28-15(2)29-32(20)13-18/h5,7-8,10-14H,4,6,9H2,1-3H3. The van der Waals surface area contributed by atoms with Crippen LogP contribution in [0.1, 0.15) is 58.8 Å². The zero-order valence-corrected chi connectivity index (χ0v) is 19.0. The van der Waals surface area contributed by atoms with Crippen LogP contribution >= 0.6 is 0 Å². The van der Waals surface area contributed by atoms with Gasteiger partial charge in [-0.3, -0.25) is 4.79 Å². The molecule has 0 radical (unpaired) electrons. The van der Waals surface area contributed by atoms with E-state index in [0.29, 0.717) is 46.9 Å². The first-order chi connectivity index (χ1) is 16.1. The molecule has 1 amide bonds. The lowest BCUT2D eigenvalue weighted by molar-refractivity contribution is -0.142. The maximum atomic E-state index is 13.7. The minimum absolute atomic E-state index is 0.0627. The number of aryl methyl sites for hydroxylation is 1. The van der Waals surface area contributed by atoms with Gasteiger partial charge in [-0.25, -0.2) is 14.2 Å². The van der Waals surface area contributed by atoms with Crippen LogP contribution in [0.3, 0.4) is 0 Å². The predicted octanol–water partition coefficient (Wildman–Crippen LogP) is 4.96. The Kier molecular flexibility index (Phi) is 5.18. The first-order valence-corrected chi connectivity index (χ1v) is 11.0. The summed E-state index contributed by atoms with van der Waals surface area (Å²) in [5.41, 5.74) is 2.05. The Morgan fingerprint density at radius 3 is 2.74 bits per heavy atom. The van der Waals surface area contributed by atoms with Gasteiger partial charge in [0, 0.05) is 18.2 Å². The Labute approximate surface area is 193 Å². The molecule has 1 aliphatic rings. The van der Waals surface area contributed by atoms with E-state index in [9.17, 15) is 18.0 Å². The number of carbonyl (C=O) groups is 1. The highest BCUT2D eigenvalue weighted by Gasteiger charge is 2.41. The summed E-state index contributed by atoms with van der Waals surface area (Å²) >= 11 is 0. The Hall–Kier alpha value is -3.69. The molecule has 5 rings (SSSR count). The van der Waals surface area contributed by atoms with Crippen LogP contribution in [0.25, 0.3) is 11.3 Å². The molecule has 1 aliphatic carbocycles. The van der Waals surface area contributed by atoms with Gasteiger partial charge in [-0.2, -0.15) is 23.4 Å². The van der Waals surface area contributed by atoms with Crippen LogP contribution in [-0.2, 0) is 12.6 Å². The molecule has 0 saturated heterocycles. The summed E-state index contributed by atoms with van der Waals surface area (Å²) < 4.78 is 44.1. The lowest BCUT2D eigenvalue weighted by Crippen LogP contribution is -2.26. The molecular weight excluding hydrogens is 445 g/mol. The van der Waals surface area contributed by atoms with E-state index in [-0.39, 0.29) is 17.4 Å². The Morgan fingerprint density at radius 2 is 1.97 bits per heavy atom. The third kappa shape index (κ3) is 3.72. The van der Waals surface area contributed by atoms with Gasteiger partial charge in [0.1, 0.15) is 5.82 Å². The van der Waals surface area contributed by atoms with E-state index in [1.54, 1.807) is 61.1 Å². The second-order valence-corrected chi connectivity index (χ2v) is 8.68. The fraction of sp³-hybridized carbons (Fsp3) is 0.333. The number of anilines is 1. The highest BCUT2D eigenvalue weighted by molar-refractivity contribution is 6.06. The number of halogens is 3. The van der Waals surface area contributed by atoms with E-state index < -0.39 is 11.9 Å². The molecule has 1 unspecified atom stereocenters. The fourth-order valence-corrected chi connectivity index (χ4v) is 4.63. The molecule has 0 N–H and O–H groups in total.